The third-order valence-electron chi connectivity index (χ3n) is 4.67. The van der Waals surface area contributed by atoms with Gasteiger partial charge in [-0.1, -0.05) is 71.4 Å². The highest BCUT2D eigenvalue weighted by Gasteiger charge is 2.23. The summed E-state index contributed by atoms with van der Waals surface area (Å²) in [6.45, 7) is 16.1. The van der Waals surface area contributed by atoms with E-state index in [1.165, 1.54) is 11.3 Å². The number of rotatable bonds is 4. The molecule has 0 spiro atoms. The Hall–Kier alpha value is -2.16. The molecule has 1 fully saturated rings. The third-order valence-corrected chi connectivity index (χ3v) is 4.67. The highest BCUT2D eigenvalue weighted by molar-refractivity contribution is 5.83. The van der Waals surface area contributed by atoms with Crippen molar-refractivity contribution in [1.29, 1.82) is 0 Å². The first-order valence-electron chi connectivity index (χ1n) is 11.5. The summed E-state index contributed by atoms with van der Waals surface area (Å²) in [6.07, 6.45) is 7.27. The summed E-state index contributed by atoms with van der Waals surface area (Å²) in [7, 11) is 0. The molecule has 2 aromatic rings. The molecule has 1 saturated heterocycles. The lowest BCUT2D eigenvalue weighted by molar-refractivity contribution is -0.122. The van der Waals surface area contributed by atoms with Gasteiger partial charge in [-0.25, -0.2) is 0 Å². The Morgan fingerprint density at radius 3 is 2.24 bits per heavy atom. The SMILES string of the molecule is CC.CC.CC.Cc1cccc(CC(=O)C2CCCN(c3ccncc3)CC2)c1. The van der Waals surface area contributed by atoms with Gasteiger partial charge in [0.2, 0.25) is 0 Å². The fraction of sp³-hybridized carbons (Fsp3) is 0.538. The van der Waals surface area contributed by atoms with Gasteiger partial charge in [0.25, 0.3) is 0 Å². The first-order chi connectivity index (χ1) is 14.2. The van der Waals surface area contributed by atoms with Crippen LogP contribution in [0.25, 0.3) is 0 Å². The van der Waals surface area contributed by atoms with E-state index in [2.05, 4.69) is 47.1 Å². The minimum Gasteiger partial charge on any atom is -0.371 e. The second-order valence-electron chi connectivity index (χ2n) is 6.45. The number of benzene rings is 1. The number of carbonyl (C=O) groups excluding carboxylic acids is 1. The van der Waals surface area contributed by atoms with Gasteiger partial charge < -0.3 is 4.90 Å². The van der Waals surface area contributed by atoms with Crippen LogP contribution >= 0.6 is 0 Å². The van der Waals surface area contributed by atoms with E-state index in [9.17, 15) is 4.79 Å². The van der Waals surface area contributed by atoms with Gasteiger partial charge in [-0.15, -0.1) is 0 Å². The third kappa shape index (κ3) is 9.74. The van der Waals surface area contributed by atoms with Gasteiger partial charge in [-0.2, -0.15) is 0 Å². The van der Waals surface area contributed by atoms with Crippen LogP contribution in [-0.2, 0) is 11.2 Å². The van der Waals surface area contributed by atoms with E-state index >= 15 is 0 Å². The Labute approximate surface area is 179 Å². The molecule has 1 aromatic carbocycles. The zero-order valence-corrected chi connectivity index (χ0v) is 19.7. The molecule has 2 heterocycles. The Morgan fingerprint density at radius 1 is 0.966 bits per heavy atom. The normalized spacial score (nSPS) is 15.3. The van der Waals surface area contributed by atoms with Crippen LogP contribution in [-0.4, -0.2) is 23.9 Å². The molecule has 1 aromatic heterocycles. The van der Waals surface area contributed by atoms with E-state index in [0.717, 1.165) is 37.9 Å². The lowest BCUT2D eigenvalue weighted by Crippen LogP contribution is -2.25. The Balaban J connectivity index is 0.00000120. The summed E-state index contributed by atoms with van der Waals surface area (Å²) < 4.78 is 0. The quantitative estimate of drug-likeness (QED) is 0.562. The van der Waals surface area contributed by atoms with E-state index < -0.39 is 0 Å². The van der Waals surface area contributed by atoms with Crippen LogP contribution < -0.4 is 4.90 Å². The number of Topliss-reactive ketones (excluding diaryl/α,β-unsaturated/α-hetero) is 1. The van der Waals surface area contributed by atoms with Gasteiger partial charge in [-0.3, -0.25) is 9.78 Å². The van der Waals surface area contributed by atoms with Gasteiger partial charge in [0.05, 0.1) is 0 Å². The van der Waals surface area contributed by atoms with Gasteiger partial charge in [0.15, 0.2) is 0 Å². The van der Waals surface area contributed by atoms with Crippen LogP contribution in [0.3, 0.4) is 0 Å². The largest absolute Gasteiger partial charge is 0.371 e. The Bertz CT molecular complexity index is 655. The van der Waals surface area contributed by atoms with Gasteiger partial charge in [0.1, 0.15) is 5.78 Å². The second-order valence-corrected chi connectivity index (χ2v) is 6.45. The number of hydrogen-bond donors (Lipinski definition) is 0. The van der Waals surface area contributed by atoms with E-state index in [1.807, 2.05) is 60.0 Å². The molecule has 3 rings (SSSR count). The van der Waals surface area contributed by atoms with Crippen molar-refractivity contribution >= 4 is 11.5 Å². The summed E-state index contributed by atoms with van der Waals surface area (Å²) in [5.41, 5.74) is 3.58. The second kappa shape index (κ2) is 16.8. The van der Waals surface area contributed by atoms with Crippen LogP contribution in [0.5, 0.6) is 0 Å². The molecule has 0 amide bonds. The minimum absolute atomic E-state index is 0.197. The molecule has 1 aliphatic heterocycles. The number of aromatic nitrogens is 1. The highest BCUT2D eigenvalue weighted by Crippen LogP contribution is 2.24. The summed E-state index contributed by atoms with van der Waals surface area (Å²) in [6, 6.07) is 12.4. The number of anilines is 1. The topological polar surface area (TPSA) is 33.2 Å². The molecular formula is C26H42N2O. The van der Waals surface area contributed by atoms with Crippen molar-refractivity contribution in [3.8, 4) is 0 Å². The molecule has 29 heavy (non-hydrogen) atoms. The molecule has 0 radical (unpaired) electrons. The lowest BCUT2D eigenvalue weighted by atomic mass is 9.91. The van der Waals surface area contributed by atoms with Crippen LogP contribution in [0.4, 0.5) is 5.69 Å². The summed E-state index contributed by atoms with van der Waals surface area (Å²) in [5.74, 6) is 0.592. The van der Waals surface area contributed by atoms with Crippen molar-refractivity contribution in [2.24, 2.45) is 5.92 Å². The zero-order chi connectivity index (χ0) is 22.1. The van der Waals surface area contributed by atoms with E-state index in [4.69, 9.17) is 0 Å². The first kappa shape index (κ1) is 26.8. The fourth-order valence-corrected chi connectivity index (χ4v) is 3.40. The van der Waals surface area contributed by atoms with Crippen LogP contribution in [0.15, 0.2) is 48.8 Å². The monoisotopic (exact) mass is 398 g/mol. The molecular weight excluding hydrogens is 356 g/mol. The summed E-state index contributed by atoms with van der Waals surface area (Å²) >= 11 is 0. The number of nitrogens with zero attached hydrogens (tertiary/aromatic N) is 2. The number of aryl methyl sites for hydroxylation is 1. The zero-order valence-electron chi connectivity index (χ0n) is 19.7. The van der Waals surface area contributed by atoms with Gasteiger partial charge >= 0.3 is 0 Å². The first-order valence-corrected chi connectivity index (χ1v) is 11.5. The molecule has 0 saturated carbocycles. The fourth-order valence-electron chi connectivity index (χ4n) is 3.40. The molecule has 1 aliphatic rings. The Kier molecular flexibility index (Phi) is 15.5. The smallest absolute Gasteiger partial charge is 0.140 e. The molecule has 1 unspecified atom stereocenters. The number of ketones is 1. The maximum atomic E-state index is 12.6. The molecule has 1 atom stereocenters. The van der Waals surface area contributed by atoms with Crippen molar-refractivity contribution < 1.29 is 4.79 Å². The van der Waals surface area contributed by atoms with Crippen molar-refractivity contribution in [3.63, 3.8) is 0 Å². The predicted molar refractivity (Wildman–Crippen MR) is 128 cm³/mol. The van der Waals surface area contributed by atoms with Crippen LogP contribution in [0.2, 0.25) is 0 Å². The van der Waals surface area contributed by atoms with Gasteiger partial charge in [0, 0.05) is 43.5 Å². The molecule has 0 aliphatic carbocycles. The Morgan fingerprint density at radius 2 is 1.62 bits per heavy atom. The van der Waals surface area contributed by atoms with Gasteiger partial charge in [-0.05, 0) is 43.9 Å². The van der Waals surface area contributed by atoms with Crippen molar-refractivity contribution in [1.82, 2.24) is 4.98 Å². The maximum absolute atomic E-state index is 12.6. The van der Waals surface area contributed by atoms with Crippen LogP contribution in [0.1, 0.15) is 71.9 Å². The van der Waals surface area contributed by atoms with Crippen molar-refractivity contribution in [2.45, 2.75) is 74.1 Å². The summed E-state index contributed by atoms with van der Waals surface area (Å²) in [5, 5.41) is 0. The highest BCUT2D eigenvalue weighted by atomic mass is 16.1. The average molecular weight is 399 g/mol. The number of hydrogen-bond acceptors (Lipinski definition) is 3. The minimum atomic E-state index is 0.197. The molecule has 0 N–H and O–H groups in total. The molecule has 3 heteroatoms. The van der Waals surface area contributed by atoms with Crippen LogP contribution in [0, 0.1) is 12.8 Å². The number of carbonyl (C=O) groups is 1. The summed E-state index contributed by atoms with van der Waals surface area (Å²) in [4.78, 5) is 19.1. The standard InChI is InChI=1S/C20H24N2O.3C2H6/c1-16-4-2-5-17(14-16)15-20(23)18-6-3-12-22(13-9-18)19-7-10-21-11-8-19;3*1-2/h2,4-5,7-8,10-11,14,18H,3,6,9,12-13,15H2,1H3;3*1-2H3. The average Bonchev–Trinajstić information content (AvgIpc) is 3.05. The van der Waals surface area contributed by atoms with E-state index in [-0.39, 0.29) is 5.92 Å². The lowest BCUT2D eigenvalue weighted by Gasteiger charge is -2.22. The maximum Gasteiger partial charge on any atom is 0.140 e. The molecule has 0 bridgehead atoms. The molecule has 3 nitrogen and oxygen atoms in total. The van der Waals surface area contributed by atoms with Crippen molar-refractivity contribution in [3.05, 3.63) is 59.9 Å². The predicted octanol–water partition coefficient (Wildman–Crippen LogP) is 6.89. The van der Waals surface area contributed by atoms with E-state index in [0.29, 0.717) is 12.2 Å². The van der Waals surface area contributed by atoms with Crippen molar-refractivity contribution in [2.75, 3.05) is 18.0 Å². The number of pyridine rings is 1. The molecule has 162 valence electrons. The van der Waals surface area contributed by atoms with E-state index in [1.54, 1.807) is 0 Å².